The van der Waals surface area contributed by atoms with E-state index in [-0.39, 0.29) is 12.1 Å². The maximum Gasteiger partial charge on any atom is 0.411 e. The van der Waals surface area contributed by atoms with Crippen molar-refractivity contribution < 1.29 is 9.53 Å². The molecule has 0 radical (unpaired) electrons. The van der Waals surface area contributed by atoms with E-state index in [2.05, 4.69) is 0 Å². The third-order valence-corrected chi connectivity index (χ3v) is 1.80. The molecule has 0 saturated carbocycles. The minimum atomic E-state index is -0.479. The Balaban J connectivity index is 2.46. The lowest BCUT2D eigenvalue weighted by Gasteiger charge is -2.37. The average Bonchev–Trinajstić information content (AvgIpc) is 1.80. The highest BCUT2D eigenvalue weighted by molar-refractivity contribution is 5.70. The van der Waals surface area contributed by atoms with Gasteiger partial charge in [-0.3, -0.25) is 4.90 Å². The summed E-state index contributed by atoms with van der Waals surface area (Å²) in [7, 11) is 0. The van der Waals surface area contributed by atoms with Crippen molar-refractivity contribution in [3.63, 3.8) is 0 Å². The lowest BCUT2D eigenvalue weighted by molar-refractivity contribution is 0.00388. The van der Waals surface area contributed by atoms with Gasteiger partial charge in [-0.1, -0.05) is 0 Å². The van der Waals surface area contributed by atoms with Gasteiger partial charge in [0.1, 0.15) is 11.6 Å². The number of hydrogen-bond donors (Lipinski definition) is 0. The van der Waals surface area contributed by atoms with E-state index in [1.165, 1.54) is 4.90 Å². The molecule has 0 aromatic heterocycles. The van der Waals surface area contributed by atoms with Crippen molar-refractivity contribution in [2.75, 3.05) is 6.54 Å². The van der Waals surface area contributed by atoms with Gasteiger partial charge in [-0.05, 0) is 27.2 Å². The van der Waals surface area contributed by atoms with Gasteiger partial charge in [0.05, 0.1) is 6.07 Å². The second kappa shape index (κ2) is 3.25. The Morgan fingerprint density at radius 2 is 2.23 bits per heavy atom. The number of hydrogen-bond acceptors (Lipinski definition) is 3. The molecule has 1 heterocycles. The van der Waals surface area contributed by atoms with Crippen molar-refractivity contribution in [2.45, 2.75) is 38.8 Å². The van der Waals surface area contributed by atoms with Gasteiger partial charge in [0.15, 0.2) is 0 Å². The normalized spacial score (nSPS) is 21.7. The Labute approximate surface area is 78.1 Å². The summed E-state index contributed by atoms with van der Waals surface area (Å²) in [6, 6.07) is 1.76. The van der Waals surface area contributed by atoms with Crippen molar-refractivity contribution in [2.24, 2.45) is 0 Å². The second-order valence-corrected chi connectivity index (χ2v) is 4.11. The second-order valence-electron chi connectivity index (χ2n) is 4.11. The first-order chi connectivity index (χ1) is 5.94. The number of ether oxygens (including phenoxy) is 1. The number of likely N-dealkylation sites (tertiary alicyclic amines) is 1. The smallest absolute Gasteiger partial charge is 0.411 e. The third kappa shape index (κ3) is 2.35. The third-order valence-electron chi connectivity index (χ3n) is 1.80. The number of carbonyl (C=O) groups is 1. The fourth-order valence-electron chi connectivity index (χ4n) is 1.06. The van der Waals surface area contributed by atoms with E-state index in [0.29, 0.717) is 6.54 Å². The van der Waals surface area contributed by atoms with E-state index in [1.807, 2.05) is 26.8 Å². The predicted molar refractivity (Wildman–Crippen MR) is 47.0 cm³/mol. The Bertz CT molecular complexity index is 249. The summed E-state index contributed by atoms with van der Waals surface area (Å²) in [6.45, 7) is 6.07. The van der Waals surface area contributed by atoms with E-state index in [9.17, 15) is 4.79 Å². The summed E-state index contributed by atoms with van der Waals surface area (Å²) in [5, 5.41) is 8.60. The molecular weight excluding hydrogens is 168 g/mol. The maximum atomic E-state index is 11.4. The van der Waals surface area contributed by atoms with Crippen LogP contribution in [0.4, 0.5) is 4.79 Å². The van der Waals surface area contributed by atoms with Crippen LogP contribution in [0.2, 0.25) is 0 Å². The topological polar surface area (TPSA) is 53.3 Å². The van der Waals surface area contributed by atoms with E-state index in [1.54, 1.807) is 0 Å². The van der Waals surface area contributed by atoms with Crippen LogP contribution in [-0.4, -0.2) is 29.2 Å². The molecule has 72 valence electrons. The first kappa shape index (κ1) is 9.85. The first-order valence-electron chi connectivity index (χ1n) is 4.33. The molecule has 1 fully saturated rings. The molecular formula is C9H14N2O2. The lowest BCUT2D eigenvalue weighted by Crippen LogP contribution is -2.51. The first-order valence-corrected chi connectivity index (χ1v) is 4.33. The molecule has 0 aromatic carbocycles. The van der Waals surface area contributed by atoms with E-state index in [4.69, 9.17) is 10.00 Å². The molecule has 0 unspecified atom stereocenters. The molecule has 0 aromatic rings. The van der Waals surface area contributed by atoms with Crippen LogP contribution in [0.3, 0.4) is 0 Å². The SMILES string of the molecule is CC(C)(C)OC(=O)N1CC[C@@H]1C#N. The summed E-state index contributed by atoms with van der Waals surface area (Å²) in [6.07, 6.45) is 0.376. The van der Waals surface area contributed by atoms with Crippen LogP contribution in [0.15, 0.2) is 0 Å². The molecule has 0 spiro atoms. The minimum absolute atomic E-state index is 0.283. The van der Waals surface area contributed by atoms with Crippen molar-refractivity contribution >= 4 is 6.09 Å². The Hall–Kier alpha value is -1.24. The molecule has 0 bridgehead atoms. The molecule has 1 aliphatic heterocycles. The molecule has 0 N–H and O–H groups in total. The molecule has 1 rings (SSSR count). The molecule has 1 aliphatic rings. The van der Waals surface area contributed by atoms with Gasteiger partial charge in [0.25, 0.3) is 0 Å². The molecule has 1 saturated heterocycles. The van der Waals surface area contributed by atoms with E-state index < -0.39 is 5.60 Å². The zero-order valence-electron chi connectivity index (χ0n) is 8.20. The van der Waals surface area contributed by atoms with E-state index in [0.717, 1.165) is 6.42 Å². The quantitative estimate of drug-likeness (QED) is 0.570. The highest BCUT2D eigenvalue weighted by atomic mass is 16.6. The highest BCUT2D eigenvalue weighted by Gasteiger charge is 2.34. The largest absolute Gasteiger partial charge is 0.444 e. The zero-order chi connectivity index (χ0) is 10.1. The number of nitrogens with zero attached hydrogens (tertiary/aromatic N) is 2. The molecule has 4 nitrogen and oxygen atoms in total. The van der Waals surface area contributed by atoms with Crippen LogP contribution < -0.4 is 0 Å². The summed E-state index contributed by atoms with van der Waals surface area (Å²) in [5.74, 6) is 0. The molecule has 1 atom stereocenters. The van der Waals surface area contributed by atoms with Gasteiger partial charge in [-0.25, -0.2) is 4.79 Å². The fraction of sp³-hybridized carbons (Fsp3) is 0.778. The summed E-state index contributed by atoms with van der Waals surface area (Å²) in [4.78, 5) is 12.8. The monoisotopic (exact) mass is 182 g/mol. The van der Waals surface area contributed by atoms with Gasteiger partial charge < -0.3 is 4.74 Å². The molecule has 4 heteroatoms. The van der Waals surface area contributed by atoms with Gasteiger partial charge in [0.2, 0.25) is 0 Å². The number of nitriles is 1. The Morgan fingerprint density at radius 3 is 2.54 bits per heavy atom. The zero-order valence-corrected chi connectivity index (χ0v) is 8.20. The summed E-state index contributed by atoms with van der Waals surface area (Å²) >= 11 is 0. The van der Waals surface area contributed by atoms with Crippen LogP contribution >= 0.6 is 0 Å². The van der Waals surface area contributed by atoms with E-state index >= 15 is 0 Å². The van der Waals surface area contributed by atoms with Crippen molar-refractivity contribution in [3.8, 4) is 6.07 Å². The van der Waals surface area contributed by atoms with Crippen LogP contribution in [0.1, 0.15) is 27.2 Å². The summed E-state index contributed by atoms with van der Waals surface area (Å²) in [5.41, 5.74) is -0.479. The van der Waals surface area contributed by atoms with Gasteiger partial charge in [-0.2, -0.15) is 5.26 Å². The summed E-state index contributed by atoms with van der Waals surface area (Å²) < 4.78 is 5.11. The molecule has 0 aliphatic carbocycles. The number of carbonyl (C=O) groups excluding carboxylic acids is 1. The van der Waals surface area contributed by atoms with Crippen molar-refractivity contribution in [1.82, 2.24) is 4.90 Å². The molecule has 13 heavy (non-hydrogen) atoms. The standard InChI is InChI=1S/C9H14N2O2/c1-9(2,3)13-8(12)11-5-4-7(11)6-10/h7H,4-5H2,1-3H3/t7-/m1/s1. The number of rotatable bonds is 0. The van der Waals surface area contributed by atoms with Crippen LogP contribution in [-0.2, 0) is 4.74 Å². The molecule has 1 amide bonds. The van der Waals surface area contributed by atoms with Crippen molar-refractivity contribution in [3.05, 3.63) is 0 Å². The van der Waals surface area contributed by atoms with Gasteiger partial charge in [0, 0.05) is 6.54 Å². The minimum Gasteiger partial charge on any atom is -0.444 e. The fourth-order valence-corrected chi connectivity index (χ4v) is 1.06. The van der Waals surface area contributed by atoms with Gasteiger partial charge in [-0.15, -0.1) is 0 Å². The van der Waals surface area contributed by atoms with Crippen LogP contribution in [0.5, 0.6) is 0 Å². The maximum absolute atomic E-state index is 11.4. The average molecular weight is 182 g/mol. The lowest BCUT2D eigenvalue weighted by atomic mass is 10.1. The Morgan fingerprint density at radius 1 is 1.62 bits per heavy atom. The van der Waals surface area contributed by atoms with Crippen LogP contribution in [0.25, 0.3) is 0 Å². The van der Waals surface area contributed by atoms with Gasteiger partial charge >= 0.3 is 6.09 Å². The van der Waals surface area contributed by atoms with Crippen molar-refractivity contribution in [1.29, 1.82) is 5.26 Å². The van der Waals surface area contributed by atoms with Crippen LogP contribution in [0, 0.1) is 11.3 Å². The predicted octanol–water partition coefficient (Wildman–Crippen LogP) is 1.52. The number of amides is 1. The Kier molecular flexibility index (Phi) is 2.46. The highest BCUT2D eigenvalue weighted by Crippen LogP contribution is 2.20.